The molecule has 0 aliphatic heterocycles. The molecule has 0 unspecified atom stereocenters. The third-order valence-electron chi connectivity index (χ3n) is 2.67. The highest BCUT2D eigenvalue weighted by molar-refractivity contribution is 4.72. The zero-order valence-electron chi connectivity index (χ0n) is 9.26. The first-order valence-corrected chi connectivity index (χ1v) is 5.73. The van der Waals surface area contributed by atoms with Crippen molar-refractivity contribution >= 4 is 0 Å². The third-order valence-corrected chi connectivity index (χ3v) is 2.67. The van der Waals surface area contributed by atoms with Gasteiger partial charge in [0.15, 0.2) is 0 Å². The van der Waals surface area contributed by atoms with Crippen LogP contribution in [0, 0.1) is 0 Å². The zero-order chi connectivity index (χ0) is 10.1. The third kappa shape index (κ3) is 5.58. The molecule has 0 heterocycles. The van der Waals surface area contributed by atoms with Gasteiger partial charge in [-0.2, -0.15) is 0 Å². The number of ether oxygens (including phenoxy) is 2. The average Bonchev–Trinajstić information content (AvgIpc) is 2.69. The topological polar surface area (TPSA) is 30.5 Å². The maximum absolute atomic E-state index is 5.45. The molecule has 1 rings (SSSR count). The molecule has 0 spiro atoms. The van der Waals surface area contributed by atoms with E-state index in [9.17, 15) is 0 Å². The van der Waals surface area contributed by atoms with Crippen LogP contribution >= 0.6 is 0 Å². The van der Waals surface area contributed by atoms with Gasteiger partial charge in [0.05, 0.1) is 6.61 Å². The number of hydrogen-bond donors (Lipinski definition) is 1. The molecule has 1 aliphatic rings. The maximum atomic E-state index is 5.45. The SMILES string of the molecule is COCCCOCCNC1CCCC1. The van der Waals surface area contributed by atoms with E-state index >= 15 is 0 Å². The van der Waals surface area contributed by atoms with E-state index in [1.54, 1.807) is 7.11 Å². The van der Waals surface area contributed by atoms with Gasteiger partial charge >= 0.3 is 0 Å². The minimum Gasteiger partial charge on any atom is -0.385 e. The molecular weight excluding hydrogens is 178 g/mol. The number of hydrogen-bond acceptors (Lipinski definition) is 3. The van der Waals surface area contributed by atoms with E-state index in [0.717, 1.165) is 38.8 Å². The Morgan fingerprint density at radius 1 is 1.14 bits per heavy atom. The molecular formula is C11H23NO2. The Morgan fingerprint density at radius 2 is 1.93 bits per heavy atom. The molecule has 1 N–H and O–H groups in total. The molecule has 1 fully saturated rings. The lowest BCUT2D eigenvalue weighted by molar-refractivity contribution is 0.103. The van der Waals surface area contributed by atoms with Gasteiger partial charge in [0.1, 0.15) is 0 Å². The number of rotatable bonds is 8. The molecule has 14 heavy (non-hydrogen) atoms. The highest BCUT2D eigenvalue weighted by atomic mass is 16.5. The second-order valence-electron chi connectivity index (χ2n) is 3.89. The van der Waals surface area contributed by atoms with Gasteiger partial charge in [-0.05, 0) is 19.3 Å². The first kappa shape index (κ1) is 12.0. The number of nitrogens with one attached hydrogen (secondary N) is 1. The molecule has 0 aromatic rings. The van der Waals surface area contributed by atoms with Crippen LogP contribution in [0.1, 0.15) is 32.1 Å². The minimum absolute atomic E-state index is 0.762. The van der Waals surface area contributed by atoms with E-state index in [1.165, 1.54) is 25.7 Å². The molecule has 0 saturated heterocycles. The van der Waals surface area contributed by atoms with Crippen molar-refractivity contribution in [2.24, 2.45) is 0 Å². The summed E-state index contributed by atoms with van der Waals surface area (Å²) in [6.07, 6.45) is 6.49. The molecule has 3 nitrogen and oxygen atoms in total. The smallest absolute Gasteiger partial charge is 0.0591 e. The van der Waals surface area contributed by atoms with Crippen molar-refractivity contribution < 1.29 is 9.47 Å². The summed E-state index contributed by atoms with van der Waals surface area (Å²) in [5.41, 5.74) is 0. The molecule has 84 valence electrons. The lowest BCUT2D eigenvalue weighted by atomic mass is 10.2. The minimum atomic E-state index is 0.762. The van der Waals surface area contributed by atoms with Crippen LogP contribution in [0.5, 0.6) is 0 Å². The lowest BCUT2D eigenvalue weighted by Gasteiger charge is -2.11. The van der Waals surface area contributed by atoms with Gasteiger partial charge in [-0.15, -0.1) is 0 Å². The predicted molar refractivity (Wildman–Crippen MR) is 57.6 cm³/mol. The fraction of sp³-hybridized carbons (Fsp3) is 1.00. The quantitative estimate of drug-likeness (QED) is 0.605. The Morgan fingerprint density at radius 3 is 2.64 bits per heavy atom. The van der Waals surface area contributed by atoms with Gasteiger partial charge in [-0.1, -0.05) is 12.8 Å². The van der Waals surface area contributed by atoms with Crippen molar-refractivity contribution in [3.05, 3.63) is 0 Å². The molecule has 3 heteroatoms. The van der Waals surface area contributed by atoms with E-state index in [0.29, 0.717) is 0 Å². The van der Waals surface area contributed by atoms with Crippen LogP contribution in [0.3, 0.4) is 0 Å². The van der Waals surface area contributed by atoms with Crippen molar-refractivity contribution in [3.63, 3.8) is 0 Å². The van der Waals surface area contributed by atoms with E-state index in [-0.39, 0.29) is 0 Å². The summed E-state index contributed by atoms with van der Waals surface area (Å²) in [7, 11) is 1.72. The van der Waals surface area contributed by atoms with Crippen molar-refractivity contribution in [2.75, 3.05) is 33.5 Å². The van der Waals surface area contributed by atoms with Crippen LogP contribution in [0.4, 0.5) is 0 Å². The van der Waals surface area contributed by atoms with Crippen LogP contribution in [0.2, 0.25) is 0 Å². The summed E-state index contributed by atoms with van der Waals surface area (Å²) >= 11 is 0. The highest BCUT2D eigenvalue weighted by Crippen LogP contribution is 2.17. The Kier molecular flexibility index (Phi) is 7.01. The maximum Gasteiger partial charge on any atom is 0.0591 e. The predicted octanol–water partition coefficient (Wildman–Crippen LogP) is 1.57. The van der Waals surface area contributed by atoms with E-state index in [4.69, 9.17) is 9.47 Å². The van der Waals surface area contributed by atoms with Crippen molar-refractivity contribution in [1.82, 2.24) is 5.32 Å². The second-order valence-corrected chi connectivity index (χ2v) is 3.89. The van der Waals surface area contributed by atoms with Crippen molar-refractivity contribution in [1.29, 1.82) is 0 Å². The van der Waals surface area contributed by atoms with Gasteiger partial charge in [-0.25, -0.2) is 0 Å². The molecule has 1 saturated carbocycles. The van der Waals surface area contributed by atoms with Crippen molar-refractivity contribution in [3.8, 4) is 0 Å². The summed E-state index contributed by atoms with van der Waals surface area (Å²) in [6, 6.07) is 0.762. The Bertz CT molecular complexity index is 124. The Balaban J connectivity index is 1.75. The summed E-state index contributed by atoms with van der Waals surface area (Å²) in [5.74, 6) is 0. The van der Waals surface area contributed by atoms with Crippen LogP contribution in [0.15, 0.2) is 0 Å². The summed E-state index contributed by atoms with van der Waals surface area (Å²) in [5, 5.41) is 3.52. The molecule has 0 aromatic carbocycles. The van der Waals surface area contributed by atoms with Gasteiger partial charge in [0, 0.05) is 32.9 Å². The van der Waals surface area contributed by atoms with E-state index < -0.39 is 0 Å². The van der Waals surface area contributed by atoms with Gasteiger partial charge in [-0.3, -0.25) is 0 Å². The molecule has 1 aliphatic carbocycles. The lowest BCUT2D eigenvalue weighted by Crippen LogP contribution is -2.29. The fourth-order valence-corrected chi connectivity index (χ4v) is 1.87. The van der Waals surface area contributed by atoms with Crippen LogP contribution in [0.25, 0.3) is 0 Å². The monoisotopic (exact) mass is 201 g/mol. The van der Waals surface area contributed by atoms with Gasteiger partial charge < -0.3 is 14.8 Å². The number of methoxy groups -OCH3 is 1. The largest absolute Gasteiger partial charge is 0.385 e. The molecule has 0 aromatic heterocycles. The Labute approximate surface area is 87.2 Å². The summed E-state index contributed by atoms with van der Waals surface area (Å²) < 4.78 is 10.4. The van der Waals surface area contributed by atoms with Crippen LogP contribution in [-0.2, 0) is 9.47 Å². The second kappa shape index (κ2) is 8.21. The van der Waals surface area contributed by atoms with Gasteiger partial charge in [0.2, 0.25) is 0 Å². The van der Waals surface area contributed by atoms with Crippen molar-refractivity contribution in [2.45, 2.75) is 38.1 Å². The molecule has 0 amide bonds. The molecule has 0 bridgehead atoms. The fourth-order valence-electron chi connectivity index (χ4n) is 1.87. The highest BCUT2D eigenvalue weighted by Gasteiger charge is 2.12. The summed E-state index contributed by atoms with van der Waals surface area (Å²) in [6.45, 7) is 3.45. The van der Waals surface area contributed by atoms with Gasteiger partial charge in [0.25, 0.3) is 0 Å². The Hall–Kier alpha value is -0.120. The average molecular weight is 201 g/mol. The summed E-state index contributed by atoms with van der Waals surface area (Å²) in [4.78, 5) is 0. The first-order valence-electron chi connectivity index (χ1n) is 5.73. The standard InChI is InChI=1S/C11H23NO2/c1-13-8-4-9-14-10-7-12-11-5-2-3-6-11/h11-12H,2-10H2,1H3. The zero-order valence-corrected chi connectivity index (χ0v) is 9.26. The normalized spacial score (nSPS) is 17.8. The van der Waals surface area contributed by atoms with Crippen LogP contribution in [-0.4, -0.2) is 39.5 Å². The van der Waals surface area contributed by atoms with E-state index in [1.807, 2.05) is 0 Å². The first-order chi connectivity index (χ1) is 6.93. The molecule has 0 radical (unpaired) electrons. The van der Waals surface area contributed by atoms with Crippen LogP contribution < -0.4 is 5.32 Å². The van der Waals surface area contributed by atoms with E-state index in [2.05, 4.69) is 5.32 Å². The molecule has 0 atom stereocenters.